The van der Waals surface area contributed by atoms with Crippen molar-refractivity contribution in [1.82, 2.24) is 30.8 Å². The fourth-order valence-corrected chi connectivity index (χ4v) is 6.47. The van der Waals surface area contributed by atoms with Crippen molar-refractivity contribution in [3.05, 3.63) is 178 Å². The Labute approximate surface area is 329 Å². The Balaban J connectivity index is 0.877. The molecule has 2 heterocycles. The topological polar surface area (TPSA) is 130 Å². The molecule has 0 saturated carbocycles. The summed E-state index contributed by atoms with van der Waals surface area (Å²) in [4.78, 5) is 29.9. The number of amides is 3. The number of nitrogens with zero attached hydrogens (tertiary/aromatic N) is 2. The molecule has 0 aliphatic heterocycles. The molecule has 0 aliphatic rings. The number of hydrogen-bond acceptors (Lipinski definition) is 6. The Morgan fingerprint density at radius 2 is 1.30 bits per heavy atom. The predicted molar refractivity (Wildman–Crippen MR) is 220 cm³/mol. The van der Waals surface area contributed by atoms with Crippen LogP contribution in [0.5, 0.6) is 11.5 Å². The summed E-state index contributed by atoms with van der Waals surface area (Å²) in [6.07, 6.45) is 2.10. The lowest BCUT2D eigenvalue weighted by Gasteiger charge is -2.18. The number of ether oxygens (including phenoxy) is 1. The van der Waals surface area contributed by atoms with Gasteiger partial charge in [-0.2, -0.15) is 0 Å². The third kappa shape index (κ3) is 11.6. The Morgan fingerprint density at radius 3 is 2.00 bits per heavy atom. The zero-order valence-corrected chi connectivity index (χ0v) is 32.2. The van der Waals surface area contributed by atoms with Crippen LogP contribution in [-0.4, -0.2) is 39.2 Å². The zero-order valence-electron chi connectivity index (χ0n) is 32.2. The Kier molecular flexibility index (Phi) is 13.7. The maximum Gasteiger partial charge on any atom is 0.315 e. The third-order valence-corrected chi connectivity index (χ3v) is 9.51. The number of para-hydroxylation sites is 1. The number of hydrogen-bond donors (Lipinski definition) is 5. The van der Waals surface area contributed by atoms with Crippen molar-refractivity contribution >= 4 is 11.9 Å². The van der Waals surface area contributed by atoms with Crippen molar-refractivity contribution in [3.63, 3.8) is 0 Å². The van der Waals surface area contributed by atoms with E-state index in [-0.39, 0.29) is 24.4 Å². The van der Waals surface area contributed by atoms with E-state index in [2.05, 4.69) is 62.0 Å². The van der Waals surface area contributed by atoms with Gasteiger partial charge in [0.25, 0.3) is 0 Å². The molecule has 6 rings (SSSR count). The lowest BCUT2D eigenvalue weighted by molar-refractivity contribution is -0.120. The molecule has 2 atom stereocenters. The summed E-state index contributed by atoms with van der Waals surface area (Å²) in [6.45, 7) is 7.74. The zero-order chi connectivity index (χ0) is 39.3. The van der Waals surface area contributed by atoms with Gasteiger partial charge in [0, 0.05) is 55.4 Å². The van der Waals surface area contributed by atoms with Gasteiger partial charge in [0.15, 0.2) is 0 Å². The number of carbonyl (C=O) groups is 2. The summed E-state index contributed by atoms with van der Waals surface area (Å²) in [5, 5.41) is 23.1. The highest BCUT2D eigenvalue weighted by Gasteiger charge is 2.13. The maximum atomic E-state index is 12.8. The average Bonchev–Trinajstić information content (AvgIpc) is 3.55. The number of urea groups is 1. The molecule has 2 aromatic heterocycles. The number of aliphatic hydroxyl groups excluding tert-OH is 1. The summed E-state index contributed by atoms with van der Waals surface area (Å²) >= 11 is 0. The molecule has 288 valence electrons. The molecule has 10 nitrogen and oxygen atoms in total. The van der Waals surface area contributed by atoms with Crippen molar-refractivity contribution in [2.45, 2.75) is 65.4 Å². The van der Waals surface area contributed by atoms with Gasteiger partial charge >= 0.3 is 6.03 Å². The molecular formula is C46H50N6O4. The minimum atomic E-state index is -0.679. The molecular weight excluding hydrogens is 701 g/mol. The van der Waals surface area contributed by atoms with Crippen LogP contribution in [0, 0.1) is 13.8 Å². The minimum Gasteiger partial charge on any atom is -0.457 e. The number of carbonyl (C=O) groups excluding carboxylic acids is 2. The van der Waals surface area contributed by atoms with Gasteiger partial charge in [-0.15, -0.1) is 0 Å². The number of aromatic nitrogens is 2. The average molecular weight is 751 g/mol. The van der Waals surface area contributed by atoms with Gasteiger partial charge in [0.1, 0.15) is 17.3 Å². The van der Waals surface area contributed by atoms with Crippen LogP contribution in [0.25, 0.3) is 5.82 Å². The SMILES string of the molecule is Cc1ccc(C)n1-c1ccc([C@@H](O)CN[C@H](C)Cc2cccc(CC(=O)NCc3ccc(CNC(=O)NCc4cccc(Oc5ccccc5)c4)cc3)c2)cn1. The highest BCUT2D eigenvalue weighted by molar-refractivity contribution is 5.78. The number of pyridine rings is 1. The van der Waals surface area contributed by atoms with Gasteiger partial charge in [-0.1, -0.05) is 84.9 Å². The fraction of sp³-hybridized carbons (Fsp3) is 0.239. The van der Waals surface area contributed by atoms with Crippen LogP contribution in [0.3, 0.4) is 0 Å². The molecule has 3 amide bonds. The summed E-state index contributed by atoms with van der Waals surface area (Å²) < 4.78 is 7.97. The Morgan fingerprint density at radius 1 is 0.679 bits per heavy atom. The molecule has 10 heteroatoms. The number of aryl methyl sites for hydroxylation is 2. The van der Waals surface area contributed by atoms with Crippen LogP contribution in [0.1, 0.15) is 57.8 Å². The van der Waals surface area contributed by atoms with E-state index in [4.69, 9.17) is 4.74 Å². The normalized spacial score (nSPS) is 12.1. The highest BCUT2D eigenvalue weighted by Crippen LogP contribution is 2.22. The van der Waals surface area contributed by atoms with Crippen molar-refractivity contribution in [1.29, 1.82) is 0 Å². The summed E-state index contributed by atoms with van der Waals surface area (Å²) in [6, 6.07) is 40.9. The van der Waals surface area contributed by atoms with Gasteiger partial charge in [0.2, 0.25) is 5.91 Å². The van der Waals surface area contributed by atoms with Gasteiger partial charge < -0.3 is 35.7 Å². The van der Waals surface area contributed by atoms with Crippen molar-refractivity contribution in [2.75, 3.05) is 6.54 Å². The van der Waals surface area contributed by atoms with Crippen LogP contribution in [0.15, 0.2) is 134 Å². The lowest BCUT2D eigenvalue weighted by atomic mass is 10.0. The summed E-state index contributed by atoms with van der Waals surface area (Å²) in [7, 11) is 0. The van der Waals surface area contributed by atoms with Crippen LogP contribution in [0.4, 0.5) is 4.79 Å². The van der Waals surface area contributed by atoms with Crippen LogP contribution >= 0.6 is 0 Å². The van der Waals surface area contributed by atoms with E-state index in [1.54, 1.807) is 6.20 Å². The molecule has 5 N–H and O–H groups in total. The lowest BCUT2D eigenvalue weighted by Crippen LogP contribution is -2.34. The molecule has 4 aromatic carbocycles. The molecule has 56 heavy (non-hydrogen) atoms. The first-order valence-electron chi connectivity index (χ1n) is 19.0. The first kappa shape index (κ1) is 39.5. The number of aliphatic hydroxyl groups is 1. The Hall–Kier alpha value is -6.23. The van der Waals surface area contributed by atoms with Crippen LogP contribution in [-0.2, 0) is 37.3 Å². The standard InChI is InChI=1S/C46H50N6O4/c1-32(47-31-43(53)40-21-22-44(48-30-40)52-33(2)15-16-34(52)3)23-37-9-7-10-38(24-37)26-45(54)49-27-35-17-19-36(20-18-35)28-50-46(55)51-29-39-11-8-14-42(25-39)56-41-12-5-4-6-13-41/h4-22,24-25,30,32,43,47,53H,23,26-29,31H2,1-3H3,(H,49,54)(H2,50,51,55)/t32-,43+/m1/s1. The quantitative estimate of drug-likeness (QED) is 0.0662. The van der Waals surface area contributed by atoms with Crippen molar-refractivity contribution in [2.24, 2.45) is 0 Å². The van der Waals surface area contributed by atoms with E-state index in [1.165, 1.54) is 0 Å². The molecule has 0 radical (unpaired) electrons. The first-order chi connectivity index (χ1) is 27.2. The monoisotopic (exact) mass is 750 g/mol. The summed E-state index contributed by atoms with van der Waals surface area (Å²) in [5.74, 6) is 2.24. The molecule has 0 saturated heterocycles. The smallest absolute Gasteiger partial charge is 0.315 e. The molecule has 0 unspecified atom stereocenters. The minimum absolute atomic E-state index is 0.0576. The highest BCUT2D eigenvalue weighted by atomic mass is 16.5. The van der Waals surface area contributed by atoms with E-state index < -0.39 is 6.10 Å². The number of rotatable bonds is 17. The van der Waals surface area contributed by atoms with Crippen molar-refractivity contribution in [3.8, 4) is 17.3 Å². The summed E-state index contributed by atoms with van der Waals surface area (Å²) in [5.41, 5.74) is 7.91. The van der Waals surface area contributed by atoms with E-state index >= 15 is 0 Å². The van der Waals surface area contributed by atoms with Crippen LogP contribution in [0.2, 0.25) is 0 Å². The van der Waals surface area contributed by atoms with Crippen molar-refractivity contribution < 1.29 is 19.4 Å². The molecule has 0 bridgehead atoms. The second-order valence-electron chi connectivity index (χ2n) is 14.1. The molecule has 6 aromatic rings. The largest absolute Gasteiger partial charge is 0.457 e. The molecule has 0 spiro atoms. The predicted octanol–water partition coefficient (Wildman–Crippen LogP) is 7.39. The van der Waals surface area contributed by atoms with E-state index in [0.717, 1.165) is 62.8 Å². The van der Waals surface area contributed by atoms with E-state index in [1.807, 2.05) is 117 Å². The van der Waals surface area contributed by atoms with Crippen LogP contribution < -0.4 is 26.0 Å². The fourth-order valence-electron chi connectivity index (χ4n) is 6.47. The van der Waals surface area contributed by atoms with E-state index in [0.29, 0.717) is 31.9 Å². The van der Waals surface area contributed by atoms with Gasteiger partial charge in [-0.25, -0.2) is 9.78 Å². The van der Waals surface area contributed by atoms with Gasteiger partial charge in [-0.05, 0) is 97.5 Å². The second kappa shape index (κ2) is 19.4. The molecule has 0 aliphatic carbocycles. The third-order valence-electron chi connectivity index (χ3n) is 9.51. The van der Waals surface area contributed by atoms with E-state index in [9.17, 15) is 14.7 Å². The maximum absolute atomic E-state index is 12.8. The molecule has 0 fully saturated rings. The van der Waals surface area contributed by atoms with Gasteiger partial charge in [0.05, 0.1) is 12.5 Å². The second-order valence-corrected chi connectivity index (χ2v) is 14.1. The van der Waals surface area contributed by atoms with Gasteiger partial charge in [-0.3, -0.25) is 4.79 Å². The first-order valence-corrected chi connectivity index (χ1v) is 19.0. The number of benzene rings is 4. The number of nitrogens with one attached hydrogen (secondary N) is 4. The Bertz CT molecular complexity index is 2170.